The van der Waals surface area contributed by atoms with Crippen LogP contribution in [0.25, 0.3) is 10.9 Å². The highest BCUT2D eigenvalue weighted by Gasteiger charge is 2.16. The monoisotopic (exact) mass is 400 g/mol. The maximum Gasteiger partial charge on any atom is 0.340 e. The zero-order valence-electron chi connectivity index (χ0n) is 15.5. The number of halogens is 1. The van der Waals surface area contributed by atoms with E-state index in [1.165, 1.54) is 19.2 Å². The first-order chi connectivity index (χ1) is 13.6. The first-order valence-electron chi connectivity index (χ1n) is 8.89. The number of ether oxygens (including phenoxy) is 1. The summed E-state index contributed by atoms with van der Waals surface area (Å²) in [5.41, 5.74) is 1.26. The molecule has 3 rings (SSSR count). The van der Waals surface area contributed by atoms with Crippen LogP contribution in [0, 0.1) is 5.82 Å². The molecule has 1 amide bonds. The molecule has 0 fully saturated rings. The van der Waals surface area contributed by atoms with E-state index in [4.69, 9.17) is 4.74 Å². The molecule has 0 unspecified atom stereocenters. The lowest BCUT2D eigenvalue weighted by molar-refractivity contribution is -0.121. The molecule has 2 aromatic carbocycles. The molecular formula is C21H21FN2O3S. The van der Waals surface area contributed by atoms with Gasteiger partial charge in [-0.25, -0.2) is 9.18 Å². The summed E-state index contributed by atoms with van der Waals surface area (Å²) in [6.07, 6.45) is 2.45. The summed E-state index contributed by atoms with van der Waals surface area (Å²) in [4.78, 5) is 25.2. The van der Waals surface area contributed by atoms with Crippen LogP contribution in [0.4, 0.5) is 4.39 Å². The highest BCUT2D eigenvalue weighted by Crippen LogP contribution is 2.22. The van der Waals surface area contributed by atoms with Crippen LogP contribution in [0.5, 0.6) is 0 Å². The van der Waals surface area contributed by atoms with E-state index in [2.05, 4.69) is 5.32 Å². The average molecular weight is 400 g/mol. The number of aromatic nitrogens is 1. The smallest absolute Gasteiger partial charge is 0.340 e. The van der Waals surface area contributed by atoms with Crippen molar-refractivity contribution in [1.29, 1.82) is 0 Å². The van der Waals surface area contributed by atoms with Gasteiger partial charge in [0.25, 0.3) is 0 Å². The van der Waals surface area contributed by atoms with Gasteiger partial charge in [0.2, 0.25) is 5.91 Å². The summed E-state index contributed by atoms with van der Waals surface area (Å²) < 4.78 is 19.5. The highest BCUT2D eigenvalue weighted by atomic mass is 32.2. The molecule has 0 atom stereocenters. The third-order valence-electron chi connectivity index (χ3n) is 4.23. The number of hydrogen-bond donors (Lipinski definition) is 1. The molecule has 0 bridgehead atoms. The fourth-order valence-electron chi connectivity index (χ4n) is 2.88. The van der Waals surface area contributed by atoms with Crippen molar-refractivity contribution in [1.82, 2.24) is 9.88 Å². The van der Waals surface area contributed by atoms with Gasteiger partial charge in [0.15, 0.2) is 0 Å². The first-order valence-corrected chi connectivity index (χ1v) is 9.88. The maximum atomic E-state index is 12.9. The van der Waals surface area contributed by atoms with Crippen molar-refractivity contribution in [3.63, 3.8) is 0 Å². The Hall–Kier alpha value is -2.80. The minimum Gasteiger partial charge on any atom is -0.465 e. The predicted molar refractivity (Wildman–Crippen MR) is 108 cm³/mol. The number of nitrogens with zero attached hydrogens (tertiary/aromatic N) is 1. The molecule has 0 aliphatic heterocycles. The molecule has 1 heterocycles. The van der Waals surface area contributed by atoms with Gasteiger partial charge in [-0.15, -0.1) is 11.8 Å². The van der Waals surface area contributed by atoms with Crippen LogP contribution in [0.15, 0.2) is 59.6 Å². The molecule has 0 aliphatic carbocycles. The van der Waals surface area contributed by atoms with E-state index in [1.54, 1.807) is 34.7 Å². The molecule has 5 nitrogen and oxygen atoms in total. The van der Waals surface area contributed by atoms with Crippen molar-refractivity contribution in [3.8, 4) is 0 Å². The first kappa shape index (κ1) is 19.9. The van der Waals surface area contributed by atoms with E-state index < -0.39 is 5.97 Å². The SMILES string of the molecule is COC(=O)c1cn(CC(=O)NCCCSc2ccc(F)cc2)c2ccccc12. The second-order valence-electron chi connectivity index (χ2n) is 6.19. The number of carbonyl (C=O) groups is 2. The molecule has 1 aromatic heterocycles. The minimum atomic E-state index is -0.423. The second kappa shape index (κ2) is 9.41. The summed E-state index contributed by atoms with van der Waals surface area (Å²) >= 11 is 1.62. The van der Waals surface area contributed by atoms with Gasteiger partial charge in [0.05, 0.1) is 12.7 Å². The largest absolute Gasteiger partial charge is 0.465 e. The molecule has 0 saturated heterocycles. The fraction of sp³-hybridized carbons (Fsp3) is 0.238. The molecule has 0 spiro atoms. The molecule has 0 saturated carbocycles. The van der Waals surface area contributed by atoms with Crippen molar-refractivity contribution in [3.05, 3.63) is 66.1 Å². The van der Waals surface area contributed by atoms with Gasteiger partial charge in [-0.3, -0.25) is 4.79 Å². The third kappa shape index (κ3) is 4.92. The van der Waals surface area contributed by atoms with Gasteiger partial charge in [-0.1, -0.05) is 18.2 Å². The Morgan fingerprint density at radius 1 is 1.14 bits per heavy atom. The third-order valence-corrected chi connectivity index (χ3v) is 5.33. The molecule has 3 aromatic rings. The van der Waals surface area contributed by atoms with Crippen molar-refractivity contribution in [2.45, 2.75) is 17.9 Å². The standard InChI is InChI=1S/C21H21FN2O3S/c1-27-21(26)18-13-24(19-6-3-2-5-17(18)19)14-20(25)23-11-4-12-28-16-9-7-15(22)8-10-16/h2-3,5-10,13H,4,11-12,14H2,1H3,(H,23,25). The number of fused-ring (bicyclic) bond motifs is 1. The van der Waals surface area contributed by atoms with Crippen LogP contribution < -0.4 is 5.32 Å². The summed E-state index contributed by atoms with van der Waals surface area (Å²) in [7, 11) is 1.34. The fourth-order valence-corrected chi connectivity index (χ4v) is 3.73. The van der Waals surface area contributed by atoms with Crippen molar-refractivity contribution < 1.29 is 18.7 Å². The molecule has 7 heteroatoms. The lowest BCUT2D eigenvalue weighted by atomic mass is 10.2. The number of amides is 1. The zero-order chi connectivity index (χ0) is 19.9. The molecule has 0 radical (unpaired) electrons. The van der Waals surface area contributed by atoms with Crippen LogP contribution >= 0.6 is 11.8 Å². The Morgan fingerprint density at radius 3 is 2.64 bits per heavy atom. The summed E-state index contributed by atoms with van der Waals surface area (Å²) in [6.45, 7) is 0.679. The second-order valence-corrected chi connectivity index (χ2v) is 7.35. The molecular weight excluding hydrogens is 379 g/mol. The van der Waals surface area contributed by atoms with Crippen LogP contribution in [0.2, 0.25) is 0 Å². The van der Waals surface area contributed by atoms with Gasteiger partial charge in [-0.2, -0.15) is 0 Å². The van der Waals surface area contributed by atoms with Crippen molar-refractivity contribution >= 4 is 34.5 Å². The summed E-state index contributed by atoms with van der Waals surface area (Å²) in [5, 5.41) is 3.66. The number of methoxy groups -OCH3 is 1. The van der Waals surface area contributed by atoms with Crippen LogP contribution in [0.3, 0.4) is 0 Å². The molecule has 1 N–H and O–H groups in total. The zero-order valence-corrected chi connectivity index (χ0v) is 16.3. The normalized spacial score (nSPS) is 10.8. The van der Waals surface area contributed by atoms with Gasteiger partial charge in [0.1, 0.15) is 12.4 Å². The van der Waals surface area contributed by atoms with Crippen LogP contribution in [0.1, 0.15) is 16.8 Å². The highest BCUT2D eigenvalue weighted by molar-refractivity contribution is 7.99. The number of nitrogens with one attached hydrogen (secondary N) is 1. The number of carbonyl (C=O) groups excluding carboxylic acids is 2. The Morgan fingerprint density at radius 2 is 1.89 bits per heavy atom. The van der Waals surface area contributed by atoms with E-state index in [0.717, 1.165) is 28.0 Å². The number of para-hydroxylation sites is 1. The van der Waals surface area contributed by atoms with Crippen molar-refractivity contribution in [2.24, 2.45) is 0 Å². The topological polar surface area (TPSA) is 60.3 Å². The maximum absolute atomic E-state index is 12.9. The quantitative estimate of drug-likeness (QED) is 0.354. The summed E-state index contributed by atoms with van der Waals surface area (Å²) in [5.74, 6) is 0.0341. The van der Waals surface area contributed by atoms with E-state index >= 15 is 0 Å². The number of hydrogen-bond acceptors (Lipinski definition) is 4. The van der Waals surface area contributed by atoms with Gasteiger partial charge in [-0.05, 0) is 42.5 Å². The van der Waals surface area contributed by atoms with Crippen LogP contribution in [-0.4, -0.2) is 35.9 Å². The minimum absolute atomic E-state index is 0.121. The number of benzene rings is 2. The van der Waals surface area contributed by atoms with Gasteiger partial charge in [0, 0.05) is 28.5 Å². The Bertz CT molecular complexity index is 969. The van der Waals surface area contributed by atoms with E-state index in [-0.39, 0.29) is 18.3 Å². The van der Waals surface area contributed by atoms with E-state index in [0.29, 0.717) is 12.1 Å². The Balaban J connectivity index is 1.51. The molecule has 28 heavy (non-hydrogen) atoms. The molecule has 146 valence electrons. The number of esters is 1. The Kier molecular flexibility index (Phi) is 6.71. The Labute approximate surface area is 166 Å². The van der Waals surface area contributed by atoms with Crippen LogP contribution in [-0.2, 0) is 16.1 Å². The predicted octanol–water partition coefficient (Wildman–Crippen LogP) is 3.87. The lowest BCUT2D eigenvalue weighted by Crippen LogP contribution is -2.28. The molecule has 0 aliphatic rings. The number of thioether (sulfide) groups is 1. The number of rotatable bonds is 8. The van der Waals surface area contributed by atoms with E-state index in [9.17, 15) is 14.0 Å². The summed E-state index contributed by atoms with van der Waals surface area (Å²) in [6, 6.07) is 13.8. The van der Waals surface area contributed by atoms with Gasteiger partial charge >= 0.3 is 5.97 Å². The van der Waals surface area contributed by atoms with Crippen molar-refractivity contribution in [2.75, 3.05) is 19.4 Å². The lowest BCUT2D eigenvalue weighted by Gasteiger charge is -2.07. The van der Waals surface area contributed by atoms with Gasteiger partial charge < -0.3 is 14.6 Å². The average Bonchev–Trinajstić information content (AvgIpc) is 3.07. The van der Waals surface area contributed by atoms with E-state index in [1.807, 2.05) is 24.3 Å².